The number of carbonyl (C=O) groups excluding carboxylic acids is 1. The molecule has 2 aromatic carbocycles. The van der Waals surface area contributed by atoms with Gasteiger partial charge >= 0.3 is 18.9 Å². The van der Waals surface area contributed by atoms with Crippen LogP contribution in [0.5, 0.6) is 0 Å². The maximum absolute atomic E-state index is 12.2. The van der Waals surface area contributed by atoms with Gasteiger partial charge in [-0.2, -0.15) is 0 Å². The van der Waals surface area contributed by atoms with Crippen molar-refractivity contribution in [2.24, 2.45) is 0 Å². The van der Waals surface area contributed by atoms with E-state index in [1.54, 1.807) is 18.2 Å². The average molecular weight is 297 g/mol. The van der Waals surface area contributed by atoms with Gasteiger partial charge in [0.1, 0.15) is 0 Å². The number of carboxylic acid groups (broad SMARTS) is 1. The van der Waals surface area contributed by atoms with Crippen molar-refractivity contribution in [3.05, 3.63) is 59.7 Å². The van der Waals surface area contributed by atoms with Gasteiger partial charge in [0.2, 0.25) is 0 Å². The van der Waals surface area contributed by atoms with Crippen molar-refractivity contribution >= 4 is 21.7 Å². The molecule has 0 amide bonds. The van der Waals surface area contributed by atoms with Crippen LogP contribution in [0, 0.1) is 6.92 Å². The minimum absolute atomic E-state index is 0. The van der Waals surface area contributed by atoms with E-state index in [0.717, 1.165) is 5.56 Å². The number of hydrogen-bond acceptors (Lipinski definition) is 4. The molecule has 0 aliphatic heterocycles. The van der Waals surface area contributed by atoms with Gasteiger partial charge in [0.05, 0.1) is 16.6 Å². The summed E-state index contributed by atoms with van der Waals surface area (Å²) in [6.45, 7) is 1.84. The first-order valence-corrected chi connectivity index (χ1v) is 7.28. The Bertz CT molecular complexity index is 742. The van der Waals surface area contributed by atoms with E-state index >= 15 is 0 Å². The molecule has 0 aliphatic carbocycles. The molecule has 104 valence electrons. The van der Waals surface area contributed by atoms with E-state index < -0.39 is 16.0 Å². The van der Waals surface area contributed by atoms with Crippen LogP contribution in [-0.2, 0) is 10.0 Å². The number of sulfonamides is 1. The molecule has 0 saturated heterocycles. The second-order valence-corrected chi connectivity index (χ2v) is 5.93. The Balaban J connectivity index is 0.00000220. The van der Waals surface area contributed by atoms with E-state index in [1.807, 2.05) is 6.92 Å². The first-order valence-electron chi connectivity index (χ1n) is 5.80. The first-order chi connectivity index (χ1) is 9.40. The van der Waals surface area contributed by atoms with Gasteiger partial charge in [0.25, 0.3) is 10.0 Å². The van der Waals surface area contributed by atoms with Crippen LogP contribution in [0.4, 0.5) is 5.69 Å². The fourth-order valence-electron chi connectivity index (χ4n) is 1.67. The summed E-state index contributed by atoms with van der Waals surface area (Å²) in [4.78, 5) is 11.0. The molecule has 0 spiro atoms. The van der Waals surface area contributed by atoms with E-state index in [2.05, 4.69) is 4.72 Å². The third-order valence-electron chi connectivity index (χ3n) is 2.72. The van der Waals surface area contributed by atoms with Crippen molar-refractivity contribution in [1.29, 1.82) is 0 Å². The van der Waals surface area contributed by atoms with Crippen LogP contribution in [0.1, 0.15) is 15.9 Å². The van der Waals surface area contributed by atoms with Gasteiger partial charge in [-0.3, -0.25) is 4.72 Å². The molecule has 0 unspecified atom stereocenters. The van der Waals surface area contributed by atoms with Crippen molar-refractivity contribution < 1.29 is 37.2 Å². The molecule has 2 rings (SSSR count). The van der Waals surface area contributed by atoms with Crippen LogP contribution in [0.2, 0.25) is 0 Å². The van der Waals surface area contributed by atoms with Gasteiger partial charge in [-0.05, 0) is 25.1 Å². The Morgan fingerprint density at radius 3 is 2.19 bits per heavy atom. The van der Waals surface area contributed by atoms with Crippen LogP contribution in [0.15, 0.2) is 53.4 Å². The van der Waals surface area contributed by atoms with Crippen molar-refractivity contribution in [2.45, 2.75) is 11.8 Å². The van der Waals surface area contributed by atoms with Crippen molar-refractivity contribution in [3.8, 4) is 0 Å². The topological polar surface area (TPSA) is 86.3 Å². The molecule has 0 bridgehead atoms. The Labute approximate surface area is 135 Å². The number of carbonyl (C=O) groups is 1. The standard InChI is InChI=1S/C14H13NO4S.Li/c1-10-6-8-11(9-7-10)20(18,19)15-13-5-3-2-4-12(13)14(16)17;/h2-9,15H,1H3,(H,16,17);/q;+1/p-1. The summed E-state index contributed by atoms with van der Waals surface area (Å²) >= 11 is 0. The Morgan fingerprint density at radius 2 is 1.62 bits per heavy atom. The number of rotatable bonds is 4. The molecule has 2 aromatic rings. The van der Waals surface area contributed by atoms with Gasteiger partial charge in [0.15, 0.2) is 0 Å². The second-order valence-electron chi connectivity index (χ2n) is 4.25. The maximum atomic E-state index is 12.2. The smallest absolute Gasteiger partial charge is 0.545 e. The molecular weight excluding hydrogens is 285 g/mol. The average Bonchev–Trinajstić information content (AvgIpc) is 2.39. The van der Waals surface area contributed by atoms with E-state index in [-0.39, 0.29) is 35.0 Å². The zero-order chi connectivity index (χ0) is 14.8. The third kappa shape index (κ3) is 4.11. The number of anilines is 1. The number of hydrogen-bond donors (Lipinski definition) is 1. The predicted molar refractivity (Wildman–Crippen MR) is 72.8 cm³/mol. The van der Waals surface area contributed by atoms with Crippen molar-refractivity contribution in [2.75, 3.05) is 4.72 Å². The van der Waals surface area contributed by atoms with E-state index in [1.165, 1.54) is 30.3 Å². The molecule has 0 fully saturated rings. The molecule has 0 aliphatic rings. The fourth-order valence-corrected chi connectivity index (χ4v) is 2.75. The fraction of sp³-hybridized carbons (Fsp3) is 0.0714. The summed E-state index contributed by atoms with van der Waals surface area (Å²) in [5, 5.41) is 10.9. The molecule has 0 atom stereocenters. The maximum Gasteiger partial charge on any atom is 1.00 e. The molecule has 21 heavy (non-hydrogen) atoms. The zero-order valence-electron chi connectivity index (χ0n) is 11.7. The predicted octanol–water partition coefficient (Wildman–Crippen LogP) is -1.84. The van der Waals surface area contributed by atoms with E-state index in [0.29, 0.717) is 0 Å². The Hall–Kier alpha value is -1.74. The monoisotopic (exact) mass is 297 g/mol. The summed E-state index contributed by atoms with van der Waals surface area (Å²) in [6, 6.07) is 11.9. The molecule has 0 aromatic heterocycles. The quantitative estimate of drug-likeness (QED) is 0.672. The largest absolute Gasteiger partial charge is 1.00 e. The van der Waals surface area contributed by atoms with Crippen LogP contribution >= 0.6 is 0 Å². The number of aryl methyl sites for hydroxylation is 1. The summed E-state index contributed by atoms with van der Waals surface area (Å²) in [6.07, 6.45) is 0. The number of benzene rings is 2. The van der Waals surface area contributed by atoms with Crippen LogP contribution in [0.3, 0.4) is 0 Å². The van der Waals surface area contributed by atoms with Crippen LogP contribution in [0.25, 0.3) is 0 Å². The normalized spacial score (nSPS) is 10.5. The molecule has 5 nitrogen and oxygen atoms in total. The summed E-state index contributed by atoms with van der Waals surface area (Å²) in [5.74, 6) is -1.44. The SMILES string of the molecule is Cc1ccc(S(=O)(=O)Nc2ccccc2C(=O)[O-])cc1.[Li+]. The number of nitrogens with one attached hydrogen (secondary N) is 1. The molecule has 0 saturated carbocycles. The van der Waals surface area contributed by atoms with Gasteiger partial charge < -0.3 is 9.90 Å². The Morgan fingerprint density at radius 1 is 1.05 bits per heavy atom. The molecular formula is C14H12LiNO4S. The van der Waals surface area contributed by atoms with Gasteiger partial charge in [-0.25, -0.2) is 8.42 Å². The molecule has 0 radical (unpaired) electrons. The molecule has 7 heteroatoms. The van der Waals surface area contributed by atoms with Crippen LogP contribution < -0.4 is 28.7 Å². The number of para-hydroxylation sites is 1. The van der Waals surface area contributed by atoms with Gasteiger partial charge in [0, 0.05) is 5.56 Å². The van der Waals surface area contributed by atoms with Crippen molar-refractivity contribution in [1.82, 2.24) is 0 Å². The summed E-state index contributed by atoms with van der Waals surface area (Å²) in [7, 11) is -3.83. The van der Waals surface area contributed by atoms with Crippen LogP contribution in [-0.4, -0.2) is 14.4 Å². The van der Waals surface area contributed by atoms with Gasteiger partial charge in [-0.1, -0.05) is 35.9 Å². The molecule has 1 N–H and O–H groups in total. The summed E-state index contributed by atoms with van der Waals surface area (Å²) < 4.78 is 26.6. The Kier molecular flexibility index (Phi) is 5.61. The zero-order valence-corrected chi connectivity index (χ0v) is 12.5. The minimum Gasteiger partial charge on any atom is -0.545 e. The van der Waals surface area contributed by atoms with E-state index in [4.69, 9.17) is 0 Å². The number of carboxylic acids is 1. The second kappa shape index (κ2) is 6.81. The third-order valence-corrected chi connectivity index (χ3v) is 4.10. The minimum atomic E-state index is -3.83. The van der Waals surface area contributed by atoms with Crippen molar-refractivity contribution in [3.63, 3.8) is 0 Å². The molecule has 0 heterocycles. The van der Waals surface area contributed by atoms with Gasteiger partial charge in [-0.15, -0.1) is 0 Å². The first kappa shape index (κ1) is 17.3. The summed E-state index contributed by atoms with van der Waals surface area (Å²) in [5.41, 5.74) is 0.704. The van der Waals surface area contributed by atoms with E-state index in [9.17, 15) is 18.3 Å². The number of aromatic carboxylic acids is 1.